The average Bonchev–Trinajstić information content (AvgIpc) is 2.25. The van der Waals surface area contributed by atoms with Gasteiger partial charge in [-0.3, -0.25) is 4.99 Å². The summed E-state index contributed by atoms with van der Waals surface area (Å²) in [6, 6.07) is 7.84. The van der Waals surface area contributed by atoms with Crippen LogP contribution in [0.5, 0.6) is 5.75 Å². The summed E-state index contributed by atoms with van der Waals surface area (Å²) in [5.74, 6) is 0.873. The number of hydrogen-bond acceptors (Lipinski definition) is 3. The van der Waals surface area contributed by atoms with Crippen molar-refractivity contribution >= 4 is 6.21 Å². The second-order valence-electron chi connectivity index (χ2n) is 2.91. The van der Waals surface area contributed by atoms with Crippen LogP contribution in [0.25, 0.3) is 0 Å². The lowest BCUT2D eigenvalue weighted by Crippen LogP contribution is -2.10. The third-order valence-electron chi connectivity index (χ3n) is 1.85. The zero-order chi connectivity index (χ0) is 10.2. The van der Waals surface area contributed by atoms with E-state index in [1.54, 1.807) is 7.11 Å². The topological polar surface area (TPSA) is 33.6 Å². The molecule has 0 bridgehead atoms. The highest BCUT2D eigenvalue weighted by molar-refractivity contribution is 5.79. The highest BCUT2D eigenvalue weighted by atomic mass is 16.5. The Morgan fingerprint density at radius 2 is 2.07 bits per heavy atom. The van der Waals surface area contributed by atoms with Crippen molar-refractivity contribution in [2.45, 2.75) is 0 Å². The Labute approximate surface area is 84.8 Å². The van der Waals surface area contributed by atoms with Crippen LogP contribution in [0.2, 0.25) is 0 Å². The molecule has 0 saturated carbocycles. The molecule has 0 aliphatic carbocycles. The SMILES string of the molecule is CNCCN=Cc1ccc(OC)cc1. The van der Waals surface area contributed by atoms with Crippen LogP contribution >= 0.6 is 0 Å². The van der Waals surface area contributed by atoms with E-state index in [1.807, 2.05) is 37.5 Å². The summed E-state index contributed by atoms with van der Waals surface area (Å²) in [4.78, 5) is 4.26. The van der Waals surface area contributed by atoms with Gasteiger partial charge < -0.3 is 10.1 Å². The third-order valence-corrected chi connectivity index (χ3v) is 1.85. The summed E-state index contributed by atoms with van der Waals surface area (Å²) >= 11 is 0. The number of benzene rings is 1. The van der Waals surface area contributed by atoms with Crippen LogP contribution in [0.1, 0.15) is 5.56 Å². The number of methoxy groups -OCH3 is 1. The first kappa shape index (κ1) is 10.7. The first-order chi connectivity index (χ1) is 6.86. The zero-order valence-corrected chi connectivity index (χ0v) is 8.66. The molecule has 3 nitrogen and oxygen atoms in total. The number of ether oxygens (including phenoxy) is 1. The van der Waals surface area contributed by atoms with E-state index in [4.69, 9.17) is 4.74 Å². The molecule has 0 atom stereocenters. The van der Waals surface area contributed by atoms with Crippen molar-refractivity contribution in [2.24, 2.45) is 4.99 Å². The van der Waals surface area contributed by atoms with Gasteiger partial charge in [-0.25, -0.2) is 0 Å². The largest absolute Gasteiger partial charge is 0.497 e. The molecule has 0 aliphatic rings. The van der Waals surface area contributed by atoms with E-state index in [-0.39, 0.29) is 0 Å². The van der Waals surface area contributed by atoms with E-state index in [0.29, 0.717) is 0 Å². The van der Waals surface area contributed by atoms with Crippen molar-refractivity contribution in [1.82, 2.24) is 5.32 Å². The van der Waals surface area contributed by atoms with Crippen LogP contribution in [0.3, 0.4) is 0 Å². The summed E-state index contributed by atoms with van der Waals surface area (Å²) in [5.41, 5.74) is 1.10. The number of hydrogen-bond donors (Lipinski definition) is 1. The Morgan fingerprint density at radius 1 is 1.36 bits per heavy atom. The molecule has 0 heterocycles. The van der Waals surface area contributed by atoms with Crippen LogP contribution in [-0.2, 0) is 0 Å². The molecule has 0 spiro atoms. The van der Waals surface area contributed by atoms with Crippen LogP contribution in [0, 0.1) is 0 Å². The summed E-state index contributed by atoms with van der Waals surface area (Å²) in [5, 5.41) is 3.04. The third kappa shape index (κ3) is 3.58. The van der Waals surface area contributed by atoms with Crippen LogP contribution < -0.4 is 10.1 Å². The number of aliphatic imine (C=N–C) groups is 1. The molecule has 3 heteroatoms. The summed E-state index contributed by atoms with van der Waals surface area (Å²) in [6.45, 7) is 1.72. The number of rotatable bonds is 5. The maximum atomic E-state index is 5.06. The highest BCUT2D eigenvalue weighted by Gasteiger charge is 1.89. The highest BCUT2D eigenvalue weighted by Crippen LogP contribution is 2.09. The molecule has 0 radical (unpaired) electrons. The second kappa shape index (κ2) is 6.16. The van der Waals surface area contributed by atoms with E-state index in [0.717, 1.165) is 24.4 Å². The Bertz CT molecular complexity index is 280. The number of likely N-dealkylation sites (N-methyl/N-ethyl adjacent to an activating group) is 1. The van der Waals surface area contributed by atoms with Gasteiger partial charge in [-0.2, -0.15) is 0 Å². The lowest BCUT2D eigenvalue weighted by atomic mass is 10.2. The Kier molecular flexibility index (Phi) is 4.72. The van der Waals surface area contributed by atoms with Crippen LogP contribution in [0.4, 0.5) is 0 Å². The quantitative estimate of drug-likeness (QED) is 0.564. The van der Waals surface area contributed by atoms with Gasteiger partial charge in [-0.05, 0) is 36.9 Å². The fourth-order valence-electron chi connectivity index (χ4n) is 1.04. The maximum absolute atomic E-state index is 5.06. The Morgan fingerprint density at radius 3 is 2.64 bits per heavy atom. The predicted octanol–water partition coefficient (Wildman–Crippen LogP) is 1.33. The molecule has 0 unspecified atom stereocenters. The fourth-order valence-corrected chi connectivity index (χ4v) is 1.04. The number of nitrogens with zero attached hydrogens (tertiary/aromatic N) is 1. The van der Waals surface area contributed by atoms with Gasteiger partial charge >= 0.3 is 0 Å². The van der Waals surface area contributed by atoms with Crippen molar-refractivity contribution < 1.29 is 4.74 Å². The van der Waals surface area contributed by atoms with Gasteiger partial charge in [-0.15, -0.1) is 0 Å². The van der Waals surface area contributed by atoms with E-state index in [1.165, 1.54) is 0 Å². The average molecular weight is 192 g/mol. The molecule has 76 valence electrons. The van der Waals surface area contributed by atoms with Gasteiger partial charge in [0.05, 0.1) is 13.7 Å². The smallest absolute Gasteiger partial charge is 0.118 e. The van der Waals surface area contributed by atoms with Gasteiger partial charge in [0, 0.05) is 12.8 Å². The first-order valence-corrected chi connectivity index (χ1v) is 4.65. The molecule has 0 aliphatic heterocycles. The predicted molar refractivity (Wildman–Crippen MR) is 59.4 cm³/mol. The van der Waals surface area contributed by atoms with Crippen molar-refractivity contribution in [2.75, 3.05) is 27.2 Å². The monoisotopic (exact) mass is 192 g/mol. The molecular formula is C11H16N2O. The fraction of sp³-hybridized carbons (Fsp3) is 0.364. The van der Waals surface area contributed by atoms with Crippen molar-refractivity contribution in [3.05, 3.63) is 29.8 Å². The molecule has 1 N–H and O–H groups in total. The van der Waals surface area contributed by atoms with E-state index in [9.17, 15) is 0 Å². The molecule has 0 amide bonds. The molecule has 0 aromatic heterocycles. The molecule has 1 aromatic rings. The van der Waals surface area contributed by atoms with Crippen molar-refractivity contribution in [3.63, 3.8) is 0 Å². The normalized spacial score (nSPS) is 10.7. The Hall–Kier alpha value is -1.35. The van der Waals surface area contributed by atoms with Crippen LogP contribution in [-0.4, -0.2) is 33.5 Å². The van der Waals surface area contributed by atoms with E-state index < -0.39 is 0 Å². The minimum absolute atomic E-state index is 0.808. The van der Waals surface area contributed by atoms with Gasteiger partial charge in [-0.1, -0.05) is 0 Å². The van der Waals surface area contributed by atoms with Gasteiger partial charge in [0.15, 0.2) is 0 Å². The van der Waals surface area contributed by atoms with E-state index in [2.05, 4.69) is 10.3 Å². The van der Waals surface area contributed by atoms with Gasteiger partial charge in [0.25, 0.3) is 0 Å². The lowest BCUT2D eigenvalue weighted by Gasteiger charge is -1.98. The number of nitrogens with one attached hydrogen (secondary N) is 1. The van der Waals surface area contributed by atoms with Gasteiger partial charge in [0.1, 0.15) is 5.75 Å². The summed E-state index contributed by atoms with van der Waals surface area (Å²) in [7, 11) is 3.58. The molecule has 0 fully saturated rings. The summed E-state index contributed by atoms with van der Waals surface area (Å²) in [6.07, 6.45) is 1.87. The first-order valence-electron chi connectivity index (χ1n) is 4.65. The molecule has 14 heavy (non-hydrogen) atoms. The maximum Gasteiger partial charge on any atom is 0.118 e. The molecular weight excluding hydrogens is 176 g/mol. The van der Waals surface area contributed by atoms with Gasteiger partial charge in [0.2, 0.25) is 0 Å². The minimum Gasteiger partial charge on any atom is -0.497 e. The standard InChI is InChI=1S/C11H16N2O/c1-12-7-8-13-9-10-3-5-11(14-2)6-4-10/h3-6,9,12H,7-8H2,1-2H3. The van der Waals surface area contributed by atoms with Crippen molar-refractivity contribution in [1.29, 1.82) is 0 Å². The molecule has 0 saturated heterocycles. The Balaban J connectivity index is 2.47. The molecule has 1 aromatic carbocycles. The lowest BCUT2D eigenvalue weighted by molar-refractivity contribution is 0.415. The van der Waals surface area contributed by atoms with E-state index >= 15 is 0 Å². The second-order valence-corrected chi connectivity index (χ2v) is 2.91. The van der Waals surface area contributed by atoms with Crippen LogP contribution in [0.15, 0.2) is 29.3 Å². The minimum atomic E-state index is 0.808. The summed E-state index contributed by atoms with van der Waals surface area (Å²) < 4.78 is 5.06. The van der Waals surface area contributed by atoms with Crippen molar-refractivity contribution in [3.8, 4) is 5.75 Å². The molecule has 1 rings (SSSR count). The zero-order valence-electron chi connectivity index (χ0n) is 8.66.